The molecule has 7 heteroatoms. The first-order valence-electron chi connectivity index (χ1n) is 7.08. The summed E-state index contributed by atoms with van der Waals surface area (Å²) in [5.74, 6) is -0.600. The molecule has 0 aromatic heterocycles. The standard InChI is InChI=1S/C17H16N6O/c1-23(14-10-6-3-7-11-14)22-15(12-18)16(19)20-21-17(24)13-8-4-2-5-9-13/h2-11H,1H3,(H2,19,20)(H,21,24)/b22-15+. The van der Waals surface area contributed by atoms with Crippen molar-refractivity contribution in [1.29, 1.82) is 5.26 Å². The van der Waals surface area contributed by atoms with E-state index >= 15 is 0 Å². The highest BCUT2D eigenvalue weighted by Crippen LogP contribution is 2.11. The average Bonchev–Trinajstić information content (AvgIpc) is 2.65. The Morgan fingerprint density at radius 2 is 1.71 bits per heavy atom. The van der Waals surface area contributed by atoms with Crippen molar-refractivity contribution in [3.63, 3.8) is 0 Å². The van der Waals surface area contributed by atoms with Crippen LogP contribution in [0.4, 0.5) is 5.69 Å². The zero-order valence-corrected chi connectivity index (χ0v) is 13.0. The molecule has 0 spiro atoms. The molecule has 0 heterocycles. The van der Waals surface area contributed by atoms with Crippen LogP contribution in [0.15, 0.2) is 70.9 Å². The van der Waals surface area contributed by atoms with Gasteiger partial charge < -0.3 is 5.73 Å². The molecular formula is C17H16N6O. The van der Waals surface area contributed by atoms with Gasteiger partial charge in [-0.05, 0) is 24.3 Å². The molecule has 0 radical (unpaired) electrons. The summed E-state index contributed by atoms with van der Waals surface area (Å²) in [4.78, 5) is 11.9. The molecule has 2 aromatic carbocycles. The maximum atomic E-state index is 11.9. The smallest absolute Gasteiger partial charge is 0.271 e. The molecule has 2 rings (SSSR count). The van der Waals surface area contributed by atoms with Crippen LogP contribution < -0.4 is 16.2 Å². The summed E-state index contributed by atoms with van der Waals surface area (Å²) >= 11 is 0. The van der Waals surface area contributed by atoms with Gasteiger partial charge in [-0.2, -0.15) is 15.5 Å². The van der Waals surface area contributed by atoms with Crippen LogP contribution in [-0.4, -0.2) is 24.5 Å². The van der Waals surface area contributed by atoms with Crippen molar-refractivity contribution < 1.29 is 4.79 Å². The van der Waals surface area contributed by atoms with Crippen LogP contribution in [0.2, 0.25) is 0 Å². The number of hydrogen-bond donors (Lipinski definition) is 2. The number of carbonyl (C=O) groups excluding carboxylic acids is 1. The maximum Gasteiger partial charge on any atom is 0.271 e. The van der Waals surface area contributed by atoms with E-state index in [4.69, 9.17) is 5.73 Å². The van der Waals surface area contributed by atoms with Crippen molar-refractivity contribution in [2.75, 3.05) is 12.1 Å². The lowest BCUT2D eigenvalue weighted by Gasteiger charge is -2.13. The maximum absolute atomic E-state index is 11.9. The number of benzene rings is 2. The molecule has 1 amide bonds. The molecule has 0 saturated heterocycles. The molecule has 7 nitrogen and oxygen atoms in total. The molecule has 0 bridgehead atoms. The van der Waals surface area contributed by atoms with Crippen molar-refractivity contribution in [2.45, 2.75) is 0 Å². The zero-order chi connectivity index (χ0) is 17.4. The highest BCUT2D eigenvalue weighted by molar-refractivity contribution is 6.47. The van der Waals surface area contributed by atoms with E-state index in [0.717, 1.165) is 5.69 Å². The highest BCUT2D eigenvalue weighted by Gasteiger charge is 2.09. The second-order valence-electron chi connectivity index (χ2n) is 4.72. The van der Waals surface area contributed by atoms with E-state index in [1.165, 1.54) is 5.01 Å². The van der Waals surface area contributed by atoms with Gasteiger partial charge in [-0.15, -0.1) is 0 Å². The van der Waals surface area contributed by atoms with E-state index in [1.54, 1.807) is 37.4 Å². The molecule has 3 N–H and O–H groups in total. The topological polar surface area (TPSA) is 107 Å². The first-order chi connectivity index (χ1) is 11.6. The third-order valence-corrected chi connectivity index (χ3v) is 3.04. The Balaban J connectivity index is 2.11. The van der Waals surface area contributed by atoms with E-state index in [0.29, 0.717) is 5.56 Å². The SMILES string of the molecule is CN(/N=C(C#N)/C(N)=N/NC(=O)c1ccccc1)c1ccccc1. The van der Waals surface area contributed by atoms with Crippen molar-refractivity contribution in [3.05, 3.63) is 66.2 Å². The van der Waals surface area contributed by atoms with Crippen molar-refractivity contribution in [3.8, 4) is 6.07 Å². The number of hydrogen-bond acceptors (Lipinski definition) is 5. The fourth-order valence-corrected chi connectivity index (χ4v) is 1.80. The molecule has 0 fully saturated rings. The van der Waals surface area contributed by atoms with Gasteiger partial charge in [0.15, 0.2) is 5.84 Å². The molecular weight excluding hydrogens is 304 g/mol. The van der Waals surface area contributed by atoms with Crippen molar-refractivity contribution >= 4 is 23.1 Å². The Hall–Kier alpha value is -3.66. The number of nitriles is 1. The summed E-state index contributed by atoms with van der Waals surface area (Å²) in [5, 5.41) is 18.5. The number of carbonyl (C=O) groups is 1. The Bertz CT molecular complexity index is 793. The van der Waals surface area contributed by atoms with E-state index < -0.39 is 5.91 Å². The molecule has 24 heavy (non-hydrogen) atoms. The molecule has 0 saturated carbocycles. The summed E-state index contributed by atoms with van der Waals surface area (Å²) in [7, 11) is 1.68. The minimum atomic E-state index is -0.424. The number of rotatable bonds is 5. The fraction of sp³-hybridized carbons (Fsp3) is 0.0588. The van der Waals surface area contributed by atoms with Gasteiger partial charge >= 0.3 is 0 Å². The summed E-state index contributed by atoms with van der Waals surface area (Å²) in [6.45, 7) is 0. The summed E-state index contributed by atoms with van der Waals surface area (Å²) in [6.07, 6.45) is 0. The molecule has 120 valence electrons. The summed E-state index contributed by atoms with van der Waals surface area (Å²) in [6, 6.07) is 19.7. The van der Waals surface area contributed by atoms with E-state index in [-0.39, 0.29) is 11.5 Å². The molecule has 2 aromatic rings. The number of nitrogens with two attached hydrogens (primary N) is 1. The Labute approximate surface area is 139 Å². The van der Waals surface area contributed by atoms with Gasteiger partial charge in [0.2, 0.25) is 5.71 Å². The van der Waals surface area contributed by atoms with Gasteiger partial charge in [0.25, 0.3) is 5.91 Å². The van der Waals surface area contributed by atoms with Crippen LogP contribution in [0, 0.1) is 11.3 Å². The number of hydrazone groups is 2. The summed E-state index contributed by atoms with van der Waals surface area (Å²) in [5.41, 5.74) is 9.15. The number of para-hydroxylation sites is 1. The second kappa shape index (κ2) is 8.10. The Morgan fingerprint density at radius 3 is 2.29 bits per heavy atom. The molecule has 0 atom stereocenters. The lowest BCUT2D eigenvalue weighted by atomic mass is 10.2. The molecule has 0 aliphatic rings. The van der Waals surface area contributed by atoms with Crippen LogP contribution in [-0.2, 0) is 0 Å². The van der Waals surface area contributed by atoms with Gasteiger partial charge in [0.1, 0.15) is 6.07 Å². The minimum absolute atomic E-state index is 0.102. The zero-order valence-electron chi connectivity index (χ0n) is 13.0. The van der Waals surface area contributed by atoms with Crippen molar-refractivity contribution in [1.82, 2.24) is 5.43 Å². The average molecular weight is 320 g/mol. The fourth-order valence-electron chi connectivity index (χ4n) is 1.80. The van der Waals surface area contributed by atoms with E-state index in [1.807, 2.05) is 36.4 Å². The highest BCUT2D eigenvalue weighted by atomic mass is 16.2. The Morgan fingerprint density at radius 1 is 1.12 bits per heavy atom. The number of nitrogens with one attached hydrogen (secondary N) is 1. The van der Waals surface area contributed by atoms with Crippen LogP contribution in [0.25, 0.3) is 0 Å². The van der Waals surface area contributed by atoms with Gasteiger partial charge in [0.05, 0.1) is 5.69 Å². The van der Waals surface area contributed by atoms with Gasteiger partial charge in [0, 0.05) is 12.6 Å². The number of nitrogens with zero attached hydrogens (tertiary/aromatic N) is 4. The predicted octanol–water partition coefficient (Wildman–Crippen LogP) is 1.70. The van der Waals surface area contributed by atoms with Crippen LogP contribution in [0.5, 0.6) is 0 Å². The van der Waals surface area contributed by atoms with Crippen LogP contribution in [0.3, 0.4) is 0 Å². The van der Waals surface area contributed by atoms with E-state index in [9.17, 15) is 10.1 Å². The number of amidine groups is 1. The van der Waals surface area contributed by atoms with Crippen LogP contribution in [0.1, 0.15) is 10.4 Å². The second-order valence-corrected chi connectivity index (χ2v) is 4.72. The molecule has 0 aliphatic heterocycles. The number of anilines is 1. The summed E-state index contributed by atoms with van der Waals surface area (Å²) < 4.78 is 0. The Kier molecular flexibility index (Phi) is 5.64. The van der Waals surface area contributed by atoms with E-state index in [2.05, 4.69) is 15.6 Å². The minimum Gasteiger partial charge on any atom is -0.380 e. The van der Waals surface area contributed by atoms with Gasteiger partial charge in [-0.1, -0.05) is 36.4 Å². The van der Waals surface area contributed by atoms with Gasteiger partial charge in [-0.3, -0.25) is 9.80 Å². The van der Waals surface area contributed by atoms with Crippen molar-refractivity contribution in [2.24, 2.45) is 15.9 Å². The third kappa shape index (κ3) is 4.42. The molecule has 0 unspecified atom stereocenters. The third-order valence-electron chi connectivity index (χ3n) is 3.04. The first-order valence-corrected chi connectivity index (χ1v) is 7.08. The normalized spacial score (nSPS) is 11.5. The molecule has 0 aliphatic carbocycles. The lowest BCUT2D eigenvalue weighted by molar-refractivity contribution is 0.0955. The largest absolute Gasteiger partial charge is 0.380 e. The number of amides is 1. The lowest BCUT2D eigenvalue weighted by Crippen LogP contribution is -2.30. The quantitative estimate of drug-likeness (QED) is 0.496. The predicted molar refractivity (Wildman–Crippen MR) is 93.4 cm³/mol. The first kappa shape index (κ1) is 16.7. The monoisotopic (exact) mass is 320 g/mol. The van der Waals surface area contributed by atoms with Crippen LogP contribution >= 0.6 is 0 Å². The van der Waals surface area contributed by atoms with Gasteiger partial charge in [-0.25, -0.2) is 5.43 Å².